The number of amides is 3. The molecular formula is C31H26FN5Na2O8S2. The topological polar surface area (TPSA) is 175 Å². The van der Waals surface area contributed by atoms with Crippen molar-refractivity contribution in [3.8, 4) is 0 Å². The second-order valence-electron chi connectivity index (χ2n) is 11.7. The SMILES string of the molecule is O=C(Cc1cccs1)N[C@@H]1C(=O)N2C(C(=O)[O-])=C(C(=O)N3CCN(c4cc5c(cc4F)c(=O)c(C(=O)[O-])cn5C4CC4)CC3)CS[C@H]12.[Na+].[Na+]. The number of piperazine rings is 1. The summed E-state index contributed by atoms with van der Waals surface area (Å²) in [4.78, 5) is 80.6. The number of benzene rings is 1. The fraction of sp³-hybridized carbons (Fsp3) is 0.355. The Morgan fingerprint density at radius 1 is 1.00 bits per heavy atom. The summed E-state index contributed by atoms with van der Waals surface area (Å²) in [5, 5.41) is 27.5. The van der Waals surface area contributed by atoms with Crippen molar-refractivity contribution in [1.29, 1.82) is 0 Å². The van der Waals surface area contributed by atoms with Gasteiger partial charge in [-0.05, 0) is 36.4 Å². The number of rotatable bonds is 8. The first-order valence-electron chi connectivity index (χ1n) is 14.9. The van der Waals surface area contributed by atoms with Gasteiger partial charge < -0.3 is 39.5 Å². The number of carbonyl (C=O) groups is 5. The fourth-order valence-electron chi connectivity index (χ4n) is 6.31. The summed E-state index contributed by atoms with van der Waals surface area (Å²) in [5.41, 5.74) is -1.38. The van der Waals surface area contributed by atoms with E-state index in [-0.39, 0.29) is 126 Å². The van der Waals surface area contributed by atoms with E-state index in [2.05, 4.69) is 5.32 Å². The number of carboxylic acid groups (broad SMARTS) is 2. The molecule has 2 aromatic heterocycles. The summed E-state index contributed by atoms with van der Waals surface area (Å²) in [7, 11) is 0. The van der Waals surface area contributed by atoms with Crippen molar-refractivity contribution in [1.82, 2.24) is 19.7 Å². The average molecular weight is 726 g/mol. The number of fused-ring (bicyclic) bond motifs is 2. The van der Waals surface area contributed by atoms with Crippen LogP contribution < -0.4 is 85.0 Å². The molecule has 0 radical (unpaired) electrons. The van der Waals surface area contributed by atoms with Crippen LogP contribution in [0.1, 0.15) is 34.1 Å². The van der Waals surface area contributed by atoms with Gasteiger partial charge in [0.25, 0.3) is 11.8 Å². The first-order chi connectivity index (χ1) is 22.5. The number of anilines is 1. The zero-order valence-corrected chi connectivity index (χ0v) is 32.2. The van der Waals surface area contributed by atoms with Crippen LogP contribution in [0.15, 0.2) is 51.9 Å². The monoisotopic (exact) mass is 725 g/mol. The van der Waals surface area contributed by atoms with Gasteiger partial charge in [-0.25, -0.2) is 4.39 Å². The number of carboxylic acids is 2. The Balaban J connectivity index is 0.00000234. The smallest absolute Gasteiger partial charge is 0.545 e. The number of hydrogen-bond donors (Lipinski definition) is 1. The summed E-state index contributed by atoms with van der Waals surface area (Å²) in [6, 6.07) is 5.21. The number of aromatic nitrogens is 1. The van der Waals surface area contributed by atoms with Crippen molar-refractivity contribution in [2.45, 2.75) is 36.7 Å². The molecule has 5 heterocycles. The third-order valence-electron chi connectivity index (χ3n) is 8.82. The normalized spacial score (nSPS) is 20.2. The molecule has 1 aliphatic carbocycles. The molecule has 0 bridgehead atoms. The van der Waals surface area contributed by atoms with Gasteiger partial charge in [-0.1, -0.05) is 6.07 Å². The molecule has 1 saturated carbocycles. The Kier molecular flexibility index (Phi) is 11.4. The van der Waals surface area contributed by atoms with Gasteiger partial charge in [0.2, 0.25) is 5.91 Å². The molecule has 13 nitrogen and oxygen atoms in total. The van der Waals surface area contributed by atoms with Gasteiger partial charge in [-0.3, -0.25) is 24.1 Å². The van der Waals surface area contributed by atoms with Gasteiger partial charge in [0.05, 0.1) is 46.4 Å². The van der Waals surface area contributed by atoms with Crippen molar-refractivity contribution in [2.75, 3.05) is 36.8 Å². The van der Waals surface area contributed by atoms with E-state index in [4.69, 9.17) is 0 Å². The maximum Gasteiger partial charge on any atom is 1.00 e. The molecule has 18 heteroatoms. The predicted octanol–water partition coefficient (Wildman–Crippen LogP) is -6.80. The maximum atomic E-state index is 15.4. The number of β-lactam (4-membered cyclic amide) rings is 1. The van der Waals surface area contributed by atoms with Gasteiger partial charge in [-0.2, -0.15) is 0 Å². The van der Waals surface area contributed by atoms with E-state index in [9.17, 15) is 39.0 Å². The van der Waals surface area contributed by atoms with E-state index in [0.29, 0.717) is 5.52 Å². The van der Waals surface area contributed by atoms with Crippen LogP contribution in [0, 0.1) is 5.82 Å². The number of nitrogens with one attached hydrogen (secondary N) is 1. The minimum Gasteiger partial charge on any atom is -0.545 e. The van der Waals surface area contributed by atoms with Crippen molar-refractivity contribution in [3.05, 3.63) is 73.6 Å². The van der Waals surface area contributed by atoms with E-state index in [0.717, 1.165) is 28.7 Å². The Morgan fingerprint density at radius 2 is 1.71 bits per heavy atom. The standard InChI is InChI=1S/C31H28FN5O8S2.2Na/c32-20-11-17-21(36(15-3-4-15)13-18(26(17)39)30(42)43)12-22(20)34-5-7-35(8-6-34)27(40)19-14-47-29-24(28(41)37(29)25(19)31(44)45)33-23(38)10-16-2-1-9-46-16;;/h1-2,9,11-13,15,24,29H,3-8,10,14H2,(H,33,38)(H,42,43)(H,44,45);;/q;2*+1/p-2/t24-,29-;;/m1../s1. The summed E-state index contributed by atoms with van der Waals surface area (Å²) >= 11 is 2.58. The molecule has 2 saturated heterocycles. The molecule has 0 unspecified atom stereocenters. The number of hydrogen-bond acceptors (Lipinski definition) is 11. The van der Waals surface area contributed by atoms with Gasteiger partial charge in [0, 0.05) is 54.4 Å². The summed E-state index contributed by atoms with van der Waals surface area (Å²) in [6.45, 7) is 0.596. The number of nitrogens with zero attached hydrogens (tertiary/aromatic N) is 4. The second-order valence-corrected chi connectivity index (χ2v) is 13.9. The number of thioether (sulfide) groups is 1. The van der Waals surface area contributed by atoms with Crippen LogP contribution in [-0.4, -0.2) is 87.4 Å². The molecule has 3 aromatic rings. The Hall–Kier alpha value is -2.70. The molecule has 3 fully saturated rings. The molecule has 2 atom stereocenters. The first kappa shape index (κ1) is 37.6. The fourth-order valence-corrected chi connectivity index (χ4v) is 8.35. The summed E-state index contributed by atoms with van der Waals surface area (Å²) in [6.07, 6.45) is 2.91. The number of aliphatic carboxylic acids is 1. The van der Waals surface area contributed by atoms with Crippen molar-refractivity contribution >= 4 is 69.3 Å². The molecule has 7 rings (SSSR count). The zero-order valence-electron chi connectivity index (χ0n) is 26.6. The van der Waals surface area contributed by atoms with Crippen molar-refractivity contribution in [3.63, 3.8) is 0 Å². The molecular weight excluding hydrogens is 699 g/mol. The van der Waals surface area contributed by atoms with Crippen LogP contribution in [0.5, 0.6) is 0 Å². The van der Waals surface area contributed by atoms with Gasteiger partial charge in [-0.15, -0.1) is 23.1 Å². The summed E-state index contributed by atoms with van der Waals surface area (Å²) in [5.74, 6) is -5.63. The average Bonchev–Trinajstić information content (AvgIpc) is 3.77. The van der Waals surface area contributed by atoms with Crippen LogP contribution in [0.25, 0.3) is 10.9 Å². The van der Waals surface area contributed by atoms with Gasteiger partial charge in [0.15, 0.2) is 5.43 Å². The van der Waals surface area contributed by atoms with Crippen LogP contribution in [0.2, 0.25) is 0 Å². The number of halogens is 1. The first-order valence-corrected chi connectivity index (χ1v) is 16.8. The Bertz CT molecular complexity index is 1960. The molecule has 1 aromatic carbocycles. The molecule has 3 aliphatic heterocycles. The number of pyridine rings is 1. The van der Waals surface area contributed by atoms with E-state index < -0.39 is 57.7 Å². The van der Waals surface area contributed by atoms with Crippen LogP contribution in [0.3, 0.4) is 0 Å². The minimum absolute atomic E-state index is 0. The van der Waals surface area contributed by atoms with Crippen LogP contribution >= 0.6 is 23.1 Å². The number of carbonyl (C=O) groups excluding carboxylic acids is 5. The Labute approximate surface area is 331 Å². The van der Waals surface area contributed by atoms with Gasteiger partial charge in [0.1, 0.15) is 17.2 Å². The quantitative estimate of drug-likeness (QED) is 0.174. The van der Waals surface area contributed by atoms with Crippen LogP contribution in [0.4, 0.5) is 10.1 Å². The largest absolute Gasteiger partial charge is 1.00 e. The molecule has 3 amide bonds. The molecule has 1 N–H and O–H groups in total. The van der Waals surface area contributed by atoms with E-state index in [1.165, 1.54) is 40.3 Å². The molecule has 0 spiro atoms. The van der Waals surface area contributed by atoms with Gasteiger partial charge >= 0.3 is 59.1 Å². The predicted molar refractivity (Wildman–Crippen MR) is 165 cm³/mol. The van der Waals surface area contributed by atoms with Crippen LogP contribution in [-0.2, 0) is 25.6 Å². The Morgan fingerprint density at radius 3 is 2.33 bits per heavy atom. The summed E-state index contributed by atoms with van der Waals surface area (Å²) < 4.78 is 17.1. The van der Waals surface area contributed by atoms with Crippen molar-refractivity contribution < 1.29 is 97.7 Å². The minimum atomic E-state index is -1.67. The van der Waals surface area contributed by atoms with E-state index >= 15 is 4.39 Å². The van der Waals surface area contributed by atoms with E-state index in [1.807, 2.05) is 11.4 Å². The second kappa shape index (κ2) is 14.9. The third kappa shape index (κ3) is 6.98. The number of aromatic carboxylic acids is 1. The van der Waals surface area contributed by atoms with Crippen molar-refractivity contribution in [2.24, 2.45) is 0 Å². The third-order valence-corrected chi connectivity index (χ3v) is 11.0. The van der Waals surface area contributed by atoms with E-state index in [1.54, 1.807) is 15.5 Å². The molecule has 244 valence electrons. The molecule has 4 aliphatic rings. The maximum absolute atomic E-state index is 15.4. The zero-order chi connectivity index (χ0) is 33.1. The number of thiophene rings is 1. The molecule has 49 heavy (non-hydrogen) atoms.